The van der Waals surface area contributed by atoms with Crippen molar-refractivity contribution >= 4 is 21.8 Å². The van der Waals surface area contributed by atoms with Crippen molar-refractivity contribution in [1.29, 1.82) is 0 Å². The van der Waals surface area contributed by atoms with Crippen LogP contribution in [-0.2, 0) is 10.0 Å². The molecule has 0 fully saturated rings. The fourth-order valence-corrected chi connectivity index (χ4v) is 3.41. The van der Waals surface area contributed by atoms with Crippen molar-refractivity contribution < 1.29 is 13.5 Å². The molecular weight excluding hydrogens is 294 g/mol. The highest BCUT2D eigenvalue weighted by Gasteiger charge is 2.15. The lowest BCUT2D eigenvalue weighted by atomic mass is 10.1. The summed E-state index contributed by atoms with van der Waals surface area (Å²) in [6.07, 6.45) is 3.81. The second-order valence-electron chi connectivity index (χ2n) is 4.59. The monoisotopic (exact) mass is 317 g/mol. The number of nitrogens with one attached hydrogen (secondary N) is 1. The van der Waals surface area contributed by atoms with E-state index in [4.69, 9.17) is 0 Å². The summed E-state index contributed by atoms with van der Waals surface area (Å²) < 4.78 is 26.9. The van der Waals surface area contributed by atoms with Crippen molar-refractivity contribution in [1.82, 2.24) is 4.72 Å². The summed E-state index contributed by atoms with van der Waals surface area (Å²) >= 11 is 1.76. The minimum atomic E-state index is -3.48. The predicted molar refractivity (Wildman–Crippen MR) is 84.5 cm³/mol. The number of hydrogen-bond acceptors (Lipinski definition) is 4. The molecule has 1 aromatic carbocycles. The van der Waals surface area contributed by atoms with Crippen LogP contribution in [0.2, 0.25) is 0 Å². The molecule has 20 heavy (non-hydrogen) atoms. The summed E-state index contributed by atoms with van der Waals surface area (Å²) in [6.45, 7) is 2.30. The number of hydrogen-bond donors (Lipinski definition) is 2. The van der Waals surface area contributed by atoms with Crippen LogP contribution in [0.25, 0.3) is 0 Å². The van der Waals surface area contributed by atoms with Gasteiger partial charge in [0.15, 0.2) is 0 Å². The van der Waals surface area contributed by atoms with Crippen LogP contribution in [0.1, 0.15) is 37.9 Å². The van der Waals surface area contributed by atoms with Gasteiger partial charge in [0, 0.05) is 6.54 Å². The average Bonchev–Trinajstić information content (AvgIpc) is 2.46. The van der Waals surface area contributed by atoms with Gasteiger partial charge in [0.05, 0.1) is 11.0 Å². The lowest BCUT2D eigenvalue weighted by Crippen LogP contribution is -2.25. The van der Waals surface area contributed by atoms with Gasteiger partial charge in [-0.1, -0.05) is 19.1 Å². The minimum Gasteiger partial charge on any atom is -0.388 e. The van der Waals surface area contributed by atoms with Gasteiger partial charge in [-0.15, -0.1) is 0 Å². The molecule has 0 saturated heterocycles. The largest absolute Gasteiger partial charge is 0.388 e. The first-order valence-corrected chi connectivity index (χ1v) is 9.65. The van der Waals surface area contributed by atoms with E-state index in [1.54, 1.807) is 36.0 Å². The Morgan fingerprint density at radius 2 is 2.10 bits per heavy atom. The van der Waals surface area contributed by atoms with Crippen molar-refractivity contribution in [2.24, 2.45) is 0 Å². The Balaban J connectivity index is 2.67. The summed E-state index contributed by atoms with van der Waals surface area (Å²) in [5.74, 6) is 1.04. The Morgan fingerprint density at radius 3 is 2.75 bits per heavy atom. The molecule has 0 aliphatic rings. The lowest BCUT2D eigenvalue weighted by molar-refractivity contribution is 0.173. The number of aliphatic hydroxyl groups is 1. The number of benzene rings is 1. The maximum atomic E-state index is 12.1. The number of unbranched alkanes of at least 4 members (excludes halogenated alkanes) is 1. The lowest BCUT2D eigenvalue weighted by Gasteiger charge is -2.11. The van der Waals surface area contributed by atoms with E-state index in [2.05, 4.69) is 4.72 Å². The van der Waals surface area contributed by atoms with Crippen molar-refractivity contribution in [3.05, 3.63) is 29.8 Å². The third-order valence-corrected chi connectivity index (χ3v) is 5.16. The average molecular weight is 317 g/mol. The molecule has 0 saturated carbocycles. The smallest absolute Gasteiger partial charge is 0.240 e. The Kier molecular flexibility index (Phi) is 7.58. The van der Waals surface area contributed by atoms with Crippen molar-refractivity contribution in [2.75, 3.05) is 18.6 Å². The summed E-state index contributed by atoms with van der Waals surface area (Å²) in [6, 6.07) is 6.50. The Hall–Kier alpha value is -0.560. The van der Waals surface area contributed by atoms with E-state index in [1.165, 1.54) is 0 Å². The molecule has 0 radical (unpaired) electrons. The molecule has 0 amide bonds. The van der Waals surface area contributed by atoms with E-state index in [-0.39, 0.29) is 4.90 Å². The molecule has 1 rings (SSSR count). The molecule has 114 valence electrons. The van der Waals surface area contributed by atoms with Crippen LogP contribution in [0.4, 0.5) is 0 Å². The summed E-state index contributed by atoms with van der Waals surface area (Å²) in [4.78, 5) is 0.215. The third-order valence-electron chi connectivity index (χ3n) is 3.01. The number of thioether (sulfide) groups is 1. The predicted octanol–water partition coefficient (Wildman–Crippen LogP) is 2.55. The Bertz CT molecular complexity index is 503. The van der Waals surface area contributed by atoms with Gasteiger partial charge in [-0.3, -0.25) is 0 Å². The molecule has 6 heteroatoms. The van der Waals surface area contributed by atoms with E-state index in [1.807, 2.05) is 13.2 Å². The van der Waals surface area contributed by atoms with Gasteiger partial charge in [-0.2, -0.15) is 11.8 Å². The molecular formula is C14H23NO3S2. The quantitative estimate of drug-likeness (QED) is 0.687. The molecule has 2 N–H and O–H groups in total. The topological polar surface area (TPSA) is 66.4 Å². The molecule has 1 aromatic rings. The van der Waals surface area contributed by atoms with Gasteiger partial charge in [-0.05, 0) is 49.0 Å². The molecule has 1 atom stereocenters. The number of aliphatic hydroxyl groups excluding tert-OH is 1. The first-order chi connectivity index (χ1) is 9.51. The summed E-state index contributed by atoms with van der Waals surface area (Å²) in [7, 11) is -3.48. The van der Waals surface area contributed by atoms with Crippen molar-refractivity contribution in [2.45, 2.75) is 37.2 Å². The first kappa shape index (κ1) is 17.5. The van der Waals surface area contributed by atoms with Crippen LogP contribution in [0.15, 0.2) is 29.2 Å². The van der Waals surface area contributed by atoms with Gasteiger partial charge < -0.3 is 5.11 Å². The van der Waals surface area contributed by atoms with E-state index in [0.717, 1.165) is 18.6 Å². The van der Waals surface area contributed by atoms with E-state index in [9.17, 15) is 13.5 Å². The van der Waals surface area contributed by atoms with Gasteiger partial charge >= 0.3 is 0 Å². The molecule has 0 aliphatic heterocycles. The second-order valence-corrected chi connectivity index (χ2v) is 7.35. The molecule has 0 spiro atoms. The number of sulfonamides is 1. The van der Waals surface area contributed by atoms with Gasteiger partial charge in [0.25, 0.3) is 0 Å². The van der Waals surface area contributed by atoms with Gasteiger partial charge in [-0.25, -0.2) is 13.1 Å². The maximum absolute atomic E-state index is 12.1. The zero-order chi connectivity index (χ0) is 15.0. The highest BCUT2D eigenvalue weighted by atomic mass is 32.2. The van der Waals surface area contributed by atoms with Crippen molar-refractivity contribution in [3.63, 3.8) is 0 Å². The highest BCUT2D eigenvalue weighted by Crippen LogP contribution is 2.19. The van der Waals surface area contributed by atoms with Crippen molar-refractivity contribution in [3.8, 4) is 0 Å². The van der Waals surface area contributed by atoms with Crippen LogP contribution in [0.3, 0.4) is 0 Å². The first-order valence-electron chi connectivity index (χ1n) is 6.78. The molecule has 0 aromatic heterocycles. The maximum Gasteiger partial charge on any atom is 0.240 e. The van der Waals surface area contributed by atoms with E-state index >= 15 is 0 Å². The summed E-state index contributed by atoms with van der Waals surface area (Å²) in [5.41, 5.74) is 0.637. The van der Waals surface area contributed by atoms with Gasteiger partial charge in [0.1, 0.15) is 0 Å². The molecule has 0 heterocycles. The van der Waals surface area contributed by atoms with Crippen LogP contribution in [-0.4, -0.2) is 32.1 Å². The van der Waals surface area contributed by atoms with Crippen LogP contribution in [0, 0.1) is 0 Å². The molecule has 1 unspecified atom stereocenters. The van der Waals surface area contributed by atoms with E-state index in [0.29, 0.717) is 18.5 Å². The standard InChI is InChI=1S/C14H23NO3S2/c1-3-14(16)12-7-6-8-13(11-12)20(17,18)15-9-4-5-10-19-2/h6-8,11,14-16H,3-5,9-10H2,1-2H3. The zero-order valence-electron chi connectivity index (χ0n) is 12.0. The highest BCUT2D eigenvalue weighted by molar-refractivity contribution is 7.98. The normalized spacial score (nSPS) is 13.3. The van der Waals surface area contributed by atoms with Crippen LogP contribution >= 0.6 is 11.8 Å². The minimum absolute atomic E-state index is 0.215. The Morgan fingerprint density at radius 1 is 1.35 bits per heavy atom. The summed E-state index contributed by atoms with van der Waals surface area (Å²) in [5, 5.41) is 9.78. The Labute approximate surface area is 126 Å². The van der Waals surface area contributed by atoms with E-state index < -0.39 is 16.1 Å². The van der Waals surface area contributed by atoms with Crippen LogP contribution in [0.5, 0.6) is 0 Å². The third kappa shape index (κ3) is 5.44. The fraction of sp³-hybridized carbons (Fsp3) is 0.571. The SMILES string of the molecule is CCC(O)c1cccc(S(=O)(=O)NCCCCSC)c1. The molecule has 0 aliphatic carbocycles. The fourth-order valence-electron chi connectivity index (χ4n) is 1.79. The zero-order valence-corrected chi connectivity index (χ0v) is 13.6. The van der Waals surface area contributed by atoms with Gasteiger partial charge in [0.2, 0.25) is 10.0 Å². The number of rotatable bonds is 9. The molecule has 4 nitrogen and oxygen atoms in total. The molecule has 0 bridgehead atoms. The van der Waals surface area contributed by atoms with Crippen LogP contribution < -0.4 is 4.72 Å². The second kappa shape index (κ2) is 8.67.